The maximum Gasteiger partial charge on any atom is 0.387 e. The molecule has 1 aromatic carbocycles. The second-order valence-corrected chi connectivity index (χ2v) is 9.22. The van der Waals surface area contributed by atoms with Crippen LogP contribution < -0.4 is 4.74 Å². The summed E-state index contributed by atoms with van der Waals surface area (Å²) in [5, 5.41) is 5.31. The Morgan fingerprint density at radius 2 is 1.88 bits per heavy atom. The monoisotopic (exact) mass is 559 g/mol. The van der Waals surface area contributed by atoms with Gasteiger partial charge >= 0.3 is 12.6 Å². The van der Waals surface area contributed by atoms with E-state index in [9.17, 15) is 13.6 Å². The molecule has 2 heterocycles. The van der Waals surface area contributed by atoms with E-state index in [2.05, 4.69) is 37.4 Å². The number of esters is 1. The van der Waals surface area contributed by atoms with Gasteiger partial charge in [0.2, 0.25) is 0 Å². The summed E-state index contributed by atoms with van der Waals surface area (Å²) in [5.41, 5.74) is 2.09. The number of rotatable bonds is 7. The molecule has 0 aliphatic heterocycles. The molecule has 10 heteroatoms. The van der Waals surface area contributed by atoms with Crippen LogP contribution in [0.4, 0.5) is 8.78 Å². The summed E-state index contributed by atoms with van der Waals surface area (Å²) >= 11 is 2.17. The molecule has 1 atom stereocenters. The van der Waals surface area contributed by atoms with Crippen molar-refractivity contribution in [3.63, 3.8) is 0 Å². The normalized spacial score (nSPS) is 12.9. The Bertz CT molecular complexity index is 1110. The lowest BCUT2D eigenvalue weighted by Gasteiger charge is -2.27. The number of pyridine rings is 1. The first-order valence-electron chi connectivity index (χ1n) is 9.81. The minimum Gasteiger partial charge on any atom is -0.467 e. The number of alkyl halides is 2. The molecule has 0 aliphatic rings. The fourth-order valence-electron chi connectivity index (χ4n) is 3.21. The number of hydrogen-bond donors (Lipinski definition) is 0. The number of fused-ring (bicyclic) bond motifs is 1. The molecular weight excluding hydrogens is 535 g/mol. The van der Waals surface area contributed by atoms with Gasteiger partial charge in [0.05, 0.1) is 24.6 Å². The van der Waals surface area contributed by atoms with Crippen molar-refractivity contribution in [2.75, 3.05) is 7.11 Å². The molecule has 7 nitrogen and oxygen atoms in total. The van der Waals surface area contributed by atoms with Crippen molar-refractivity contribution in [3.8, 4) is 5.75 Å². The first-order chi connectivity index (χ1) is 15.0. The Morgan fingerprint density at radius 3 is 2.44 bits per heavy atom. The van der Waals surface area contributed by atoms with Crippen LogP contribution in [0.1, 0.15) is 43.7 Å². The highest BCUT2D eigenvalue weighted by molar-refractivity contribution is 14.1. The third-order valence-corrected chi connectivity index (χ3v) is 5.68. The van der Waals surface area contributed by atoms with Crippen molar-refractivity contribution in [1.82, 2.24) is 14.8 Å². The lowest BCUT2D eigenvalue weighted by atomic mass is 10.0. The summed E-state index contributed by atoms with van der Waals surface area (Å²) in [6, 6.07) is 6.37. The summed E-state index contributed by atoms with van der Waals surface area (Å²) in [7, 11) is 1.32. The van der Waals surface area contributed by atoms with E-state index >= 15 is 0 Å². The van der Waals surface area contributed by atoms with Crippen LogP contribution in [0.15, 0.2) is 30.5 Å². The summed E-state index contributed by atoms with van der Waals surface area (Å²) in [4.78, 5) is 17.1. The number of aromatic nitrogens is 3. The number of carbonyl (C=O) groups is 1. The van der Waals surface area contributed by atoms with E-state index in [0.717, 1.165) is 14.5 Å². The fraction of sp³-hybridized carbons (Fsp3) is 0.409. The third-order valence-electron chi connectivity index (χ3n) is 4.52. The number of aryl methyl sites for hydroxylation is 1. The molecule has 2 aromatic heterocycles. The molecular formula is C22H24F2IN3O4. The fourth-order valence-corrected chi connectivity index (χ4v) is 4.26. The largest absolute Gasteiger partial charge is 0.467 e. The van der Waals surface area contributed by atoms with Gasteiger partial charge in [0.25, 0.3) is 0 Å². The molecule has 0 saturated carbocycles. The molecule has 0 N–H and O–H groups in total. The van der Waals surface area contributed by atoms with Gasteiger partial charge in [0.15, 0.2) is 11.8 Å². The predicted molar refractivity (Wildman–Crippen MR) is 123 cm³/mol. The van der Waals surface area contributed by atoms with Crippen LogP contribution in [0.5, 0.6) is 5.75 Å². The summed E-state index contributed by atoms with van der Waals surface area (Å²) in [5.74, 6) is -0.404. The van der Waals surface area contributed by atoms with E-state index in [1.54, 1.807) is 23.7 Å². The maximum absolute atomic E-state index is 12.5. The van der Waals surface area contributed by atoms with Crippen LogP contribution in [0.3, 0.4) is 0 Å². The maximum atomic E-state index is 12.5. The van der Waals surface area contributed by atoms with Crippen molar-refractivity contribution in [3.05, 3.63) is 50.9 Å². The van der Waals surface area contributed by atoms with Crippen LogP contribution in [0.25, 0.3) is 11.0 Å². The van der Waals surface area contributed by atoms with Gasteiger partial charge in [-0.1, -0.05) is 12.1 Å². The van der Waals surface area contributed by atoms with Crippen molar-refractivity contribution in [1.29, 1.82) is 0 Å². The number of ether oxygens (including phenoxy) is 3. The van der Waals surface area contributed by atoms with Gasteiger partial charge in [-0.15, -0.1) is 0 Å². The molecule has 0 radical (unpaired) electrons. The second kappa shape index (κ2) is 9.65. The van der Waals surface area contributed by atoms with Gasteiger partial charge < -0.3 is 14.2 Å². The Hall–Kier alpha value is -2.34. The zero-order valence-electron chi connectivity index (χ0n) is 18.4. The van der Waals surface area contributed by atoms with Crippen molar-refractivity contribution in [2.24, 2.45) is 0 Å². The average molecular weight is 559 g/mol. The Kier molecular flexibility index (Phi) is 7.33. The molecule has 32 heavy (non-hydrogen) atoms. The number of methoxy groups -OCH3 is 1. The first kappa shape index (κ1) is 24.3. The number of benzene rings is 1. The van der Waals surface area contributed by atoms with Gasteiger partial charge in [-0.05, 0) is 68.0 Å². The van der Waals surface area contributed by atoms with Crippen molar-refractivity contribution < 1.29 is 27.8 Å². The lowest BCUT2D eigenvalue weighted by molar-refractivity contribution is -0.164. The van der Waals surface area contributed by atoms with Crippen LogP contribution in [-0.2, 0) is 20.8 Å². The Balaban J connectivity index is 1.95. The quantitative estimate of drug-likeness (QED) is 0.299. The van der Waals surface area contributed by atoms with Gasteiger partial charge in [-0.3, -0.25) is 4.68 Å². The van der Waals surface area contributed by atoms with Crippen molar-refractivity contribution in [2.45, 2.75) is 52.6 Å². The molecule has 0 unspecified atom stereocenters. The molecule has 172 valence electrons. The van der Waals surface area contributed by atoms with Crippen LogP contribution >= 0.6 is 22.6 Å². The highest BCUT2D eigenvalue weighted by atomic mass is 127. The minimum absolute atomic E-state index is 0.0959. The van der Waals surface area contributed by atoms with E-state index in [0.29, 0.717) is 23.4 Å². The average Bonchev–Trinajstić information content (AvgIpc) is 3.09. The third kappa shape index (κ3) is 5.71. The topological polar surface area (TPSA) is 75.5 Å². The standard InChI is InChI=1S/C22H24F2IN3O4/c1-12-16(18(20(29)30-5)32-22(2,3)4)17(25)15-11-28(27-19(15)26-12)10-13-6-8-14(9-7-13)31-21(23)24/h6-9,11,18,21H,10H2,1-5H3/t18-/m0/s1. The second-order valence-electron chi connectivity index (χ2n) is 8.14. The van der Waals surface area contributed by atoms with E-state index in [1.165, 1.54) is 19.2 Å². The molecule has 0 saturated heterocycles. The smallest absolute Gasteiger partial charge is 0.387 e. The molecule has 0 spiro atoms. The molecule has 0 fully saturated rings. The summed E-state index contributed by atoms with van der Waals surface area (Å²) in [6.07, 6.45) is 0.914. The highest BCUT2D eigenvalue weighted by Crippen LogP contribution is 2.34. The summed E-state index contributed by atoms with van der Waals surface area (Å²) < 4.78 is 42.5. The molecule has 0 amide bonds. The van der Waals surface area contributed by atoms with E-state index in [1.807, 2.05) is 27.0 Å². The van der Waals surface area contributed by atoms with Gasteiger partial charge in [0.1, 0.15) is 5.75 Å². The Morgan fingerprint density at radius 1 is 1.22 bits per heavy atom. The van der Waals surface area contributed by atoms with E-state index in [-0.39, 0.29) is 5.75 Å². The van der Waals surface area contributed by atoms with Crippen LogP contribution in [-0.4, -0.2) is 40.1 Å². The van der Waals surface area contributed by atoms with Crippen LogP contribution in [0, 0.1) is 10.5 Å². The highest BCUT2D eigenvalue weighted by Gasteiger charge is 2.32. The molecule has 0 aliphatic carbocycles. The Labute approximate surface area is 198 Å². The SMILES string of the molecule is COC(=O)[C@@H](OC(C)(C)C)c1c(C)nc2nn(Cc3ccc(OC(F)F)cc3)cc2c1I. The zero-order valence-corrected chi connectivity index (χ0v) is 20.5. The number of halogens is 3. The zero-order chi connectivity index (χ0) is 23.6. The number of hydrogen-bond acceptors (Lipinski definition) is 6. The van der Waals surface area contributed by atoms with Gasteiger partial charge in [-0.2, -0.15) is 13.9 Å². The minimum atomic E-state index is -2.86. The number of carbonyl (C=O) groups excluding carboxylic acids is 1. The molecule has 0 bridgehead atoms. The first-order valence-corrected chi connectivity index (χ1v) is 10.9. The van der Waals surface area contributed by atoms with E-state index in [4.69, 9.17) is 9.47 Å². The van der Waals surface area contributed by atoms with Gasteiger partial charge in [0, 0.05) is 21.0 Å². The van der Waals surface area contributed by atoms with Crippen molar-refractivity contribution >= 4 is 39.6 Å². The van der Waals surface area contributed by atoms with Gasteiger partial charge in [-0.25, -0.2) is 9.78 Å². The molecule has 3 aromatic rings. The predicted octanol–water partition coefficient (Wildman–Crippen LogP) is 5.02. The van der Waals surface area contributed by atoms with E-state index < -0.39 is 24.3 Å². The van der Waals surface area contributed by atoms with Crippen LogP contribution in [0.2, 0.25) is 0 Å². The number of nitrogens with zero attached hydrogens (tertiary/aromatic N) is 3. The lowest BCUT2D eigenvalue weighted by Crippen LogP contribution is -2.29. The summed E-state index contributed by atoms with van der Waals surface area (Å²) in [6.45, 7) is 4.96. The molecule has 3 rings (SSSR count).